The van der Waals surface area contributed by atoms with E-state index in [9.17, 15) is 53.7 Å². The van der Waals surface area contributed by atoms with Gasteiger partial charge in [0.05, 0.1) is 38.8 Å². The first-order chi connectivity index (χ1) is 32.7. The van der Waals surface area contributed by atoms with Crippen LogP contribution in [0.4, 0.5) is 17.5 Å². The topological polar surface area (TPSA) is 496 Å². The number of aliphatic hydroxyl groups excluding tert-OH is 4. The van der Waals surface area contributed by atoms with E-state index in [1.54, 1.807) is 0 Å². The van der Waals surface area contributed by atoms with Crippen LogP contribution in [0.15, 0.2) is 38.0 Å². The zero-order valence-electron chi connectivity index (χ0n) is 34.9. The zero-order chi connectivity index (χ0) is 49.2. The summed E-state index contributed by atoms with van der Waals surface area (Å²) in [5.41, 5.74) is 18.4. The number of anilines is 3. The van der Waals surface area contributed by atoms with Gasteiger partial charge in [-0.15, -0.1) is 0 Å². The third kappa shape index (κ3) is 9.92. The molecule has 374 valence electrons. The van der Waals surface area contributed by atoms with Crippen molar-refractivity contribution in [3.63, 3.8) is 0 Å². The molecule has 14 N–H and O–H groups in total. The number of aromatic nitrogens is 12. The minimum Gasteiger partial charge on any atom is -0.387 e. The van der Waals surface area contributed by atoms with E-state index in [1.807, 2.05) is 0 Å². The molecule has 3 aliphatic heterocycles. The third-order valence-electron chi connectivity index (χ3n) is 11.1. The molecule has 34 nitrogen and oxygen atoms in total. The van der Waals surface area contributed by atoms with Gasteiger partial charge in [0.15, 0.2) is 53.1 Å². The average Bonchev–Trinajstić information content (AvgIpc) is 4.16. The van der Waals surface area contributed by atoms with Crippen molar-refractivity contribution in [3.05, 3.63) is 38.0 Å². The molecule has 37 heteroatoms. The van der Waals surface area contributed by atoms with Gasteiger partial charge in [-0.25, -0.2) is 49.4 Å². The van der Waals surface area contributed by atoms with Crippen molar-refractivity contribution in [3.8, 4) is 0 Å². The van der Waals surface area contributed by atoms with Crippen molar-refractivity contribution >= 4 is 74.0 Å². The maximum absolute atomic E-state index is 13.5. The number of nitrogen functional groups attached to an aromatic ring is 3. The largest absolute Gasteiger partial charge is 0.469 e. The molecular formula is C32H42N15O19P3. The summed E-state index contributed by atoms with van der Waals surface area (Å²) in [4.78, 5) is 76.7. The van der Waals surface area contributed by atoms with Crippen LogP contribution in [0, 0.1) is 0 Å². The van der Waals surface area contributed by atoms with Gasteiger partial charge in [-0.05, 0) is 0 Å². The van der Waals surface area contributed by atoms with Crippen LogP contribution in [-0.2, 0) is 51.0 Å². The van der Waals surface area contributed by atoms with Gasteiger partial charge < -0.3 is 89.9 Å². The Labute approximate surface area is 384 Å². The summed E-state index contributed by atoms with van der Waals surface area (Å²) in [7, 11) is -14.8. The van der Waals surface area contributed by atoms with E-state index in [1.165, 1.54) is 32.7 Å². The van der Waals surface area contributed by atoms with E-state index >= 15 is 0 Å². The molecule has 9 heterocycles. The van der Waals surface area contributed by atoms with E-state index in [2.05, 4.69) is 49.4 Å². The first-order valence-electron chi connectivity index (χ1n) is 20.0. The van der Waals surface area contributed by atoms with Gasteiger partial charge in [0.2, 0.25) is 0 Å². The van der Waals surface area contributed by atoms with Gasteiger partial charge in [0.25, 0.3) is 0 Å². The molecule has 0 spiro atoms. The summed E-state index contributed by atoms with van der Waals surface area (Å²) in [5, 5.41) is 44.3. The number of aliphatic hydroxyl groups is 4. The number of ether oxygens (including phenoxy) is 5. The number of hydrogen-bond donors (Lipinski definition) is 11. The van der Waals surface area contributed by atoms with Crippen LogP contribution in [-0.4, -0.2) is 186 Å². The van der Waals surface area contributed by atoms with Gasteiger partial charge >= 0.3 is 23.0 Å². The lowest BCUT2D eigenvalue weighted by Crippen LogP contribution is -2.37. The second-order valence-corrected chi connectivity index (χ2v) is 20.4. The van der Waals surface area contributed by atoms with Gasteiger partial charge in [-0.3, -0.25) is 27.4 Å². The van der Waals surface area contributed by atoms with E-state index < -0.39 is 129 Å². The molecule has 0 bridgehead atoms. The minimum atomic E-state index is -5.05. The Bertz CT molecular complexity index is 2980. The molecule has 69 heavy (non-hydrogen) atoms. The second kappa shape index (κ2) is 19.0. The number of nitrogens with zero attached hydrogens (tertiary/aromatic N) is 12. The van der Waals surface area contributed by atoms with Crippen molar-refractivity contribution in [2.24, 2.45) is 0 Å². The van der Waals surface area contributed by atoms with Crippen LogP contribution in [0.25, 0.3) is 33.5 Å². The molecule has 2 unspecified atom stereocenters. The van der Waals surface area contributed by atoms with Crippen molar-refractivity contribution < 1.29 is 91.0 Å². The van der Waals surface area contributed by atoms with E-state index in [0.29, 0.717) is 0 Å². The maximum atomic E-state index is 13.5. The highest BCUT2D eigenvalue weighted by atomic mass is 31.2. The molecule has 6 aromatic rings. The fourth-order valence-electron chi connectivity index (χ4n) is 7.77. The molecule has 3 fully saturated rings. The number of fused-ring (bicyclic) bond motifs is 3. The van der Waals surface area contributed by atoms with Gasteiger partial charge in [-0.1, -0.05) is 0 Å². The summed E-state index contributed by atoms with van der Waals surface area (Å²) in [6.07, 6.45) is -13.6. The number of imidazole rings is 3. The van der Waals surface area contributed by atoms with Gasteiger partial charge in [-0.2, -0.15) is 0 Å². The summed E-state index contributed by atoms with van der Waals surface area (Å²) < 4.78 is 86.3. The molecule has 3 saturated heterocycles. The molecule has 9 rings (SSSR count). The Morgan fingerprint density at radius 3 is 1.23 bits per heavy atom. The fraction of sp³-hybridized carbons (Fsp3) is 0.531. The molecule has 14 atom stereocenters. The minimum absolute atomic E-state index is 0.0249. The molecule has 3 aliphatic rings. The molecule has 0 amide bonds. The lowest BCUT2D eigenvalue weighted by molar-refractivity contribution is -0.0686. The highest BCUT2D eigenvalue weighted by Gasteiger charge is 2.51. The summed E-state index contributed by atoms with van der Waals surface area (Å²) in [6, 6.07) is 0. The van der Waals surface area contributed by atoms with Crippen LogP contribution in [0.3, 0.4) is 0 Å². The van der Waals surface area contributed by atoms with Crippen LogP contribution in [0.2, 0.25) is 0 Å². The monoisotopic (exact) mass is 1030 g/mol. The first-order valence-corrected chi connectivity index (χ1v) is 25.1. The highest BCUT2D eigenvalue weighted by molar-refractivity contribution is 7.52. The lowest BCUT2D eigenvalue weighted by atomic mass is 10.1. The molecule has 0 aliphatic carbocycles. The smallest absolute Gasteiger partial charge is 0.387 e. The van der Waals surface area contributed by atoms with Crippen molar-refractivity contribution in [2.45, 2.75) is 73.6 Å². The number of hydrogen-bond acceptors (Lipinski definition) is 27. The maximum Gasteiger partial charge on any atom is 0.469 e. The van der Waals surface area contributed by atoms with Crippen LogP contribution in [0.5, 0.6) is 0 Å². The molecular weight excluding hydrogens is 991 g/mol. The quantitative estimate of drug-likeness (QED) is 0.0374. The molecule has 6 aromatic heterocycles. The number of nitrogens with two attached hydrogens (primary N) is 3. The van der Waals surface area contributed by atoms with Gasteiger partial charge in [0, 0.05) is 0 Å². The average molecular weight is 1030 g/mol. The predicted molar refractivity (Wildman–Crippen MR) is 224 cm³/mol. The first kappa shape index (κ1) is 49.1. The Morgan fingerprint density at radius 2 is 0.841 bits per heavy atom. The Hall–Kier alpha value is -4.90. The SMILES string of the molecule is Nc1ncnc2c1ncn2[C@@H]1O[C@H](COP(=O)(O)CO[C@@H]2[C@@H](O)[C@@H](COP(=O)(O)CO[C@@H]3[C@@H](O)[C@@H](COP(=O)(O)O)O[C@H]3n3cnc4c(N)ncnc43)O[C@H]2n2cnc3c(N)ncnc32)[C@@H](O)[C@H]1O. The lowest BCUT2D eigenvalue weighted by Gasteiger charge is -2.24. The Balaban J connectivity index is 0.869. The summed E-state index contributed by atoms with van der Waals surface area (Å²) in [6.45, 7) is -2.45. The Kier molecular flexibility index (Phi) is 13.5. The molecule has 0 saturated carbocycles. The summed E-state index contributed by atoms with van der Waals surface area (Å²) in [5.74, 6) is -0.0131. The fourth-order valence-corrected chi connectivity index (χ4v) is 9.74. The normalized spacial score (nSPS) is 30.4. The van der Waals surface area contributed by atoms with E-state index in [4.69, 9.17) is 49.9 Å². The second-order valence-electron chi connectivity index (χ2n) is 15.6. The van der Waals surface area contributed by atoms with Crippen molar-refractivity contribution in [1.82, 2.24) is 58.6 Å². The third-order valence-corrected chi connectivity index (χ3v) is 13.6. The number of rotatable bonds is 18. The van der Waals surface area contributed by atoms with Gasteiger partial charge in [0.1, 0.15) is 103 Å². The van der Waals surface area contributed by atoms with E-state index in [0.717, 1.165) is 19.0 Å². The molecule has 0 radical (unpaired) electrons. The zero-order valence-corrected chi connectivity index (χ0v) is 37.6. The van der Waals surface area contributed by atoms with E-state index in [-0.39, 0.29) is 50.9 Å². The number of phosphoric acid groups is 1. The van der Waals surface area contributed by atoms with Crippen molar-refractivity contribution in [2.75, 3.05) is 49.7 Å². The molecule has 0 aromatic carbocycles. The predicted octanol–water partition coefficient (Wildman–Crippen LogP) is -3.41. The van der Waals surface area contributed by atoms with Crippen molar-refractivity contribution in [1.29, 1.82) is 0 Å². The van der Waals surface area contributed by atoms with Crippen LogP contribution >= 0.6 is 23.0 Å². The van der Waals surface area contributed by atoms with Crippen LogP contribution in [0.1, 0.15) is 18.7 Å². The standard InChI is InChI=1S/C32H42N15O19P3/c33-24-15-27(39-4-36-24)45(7-42-15)30-21(51)18(48)12(64-30)1-61-67(52,53)10-59-22-19(49)13(65-31(22)46-8-43-16-25(34)37-5-40-28(16)46)2-62-68(54,55)11-60-23-20(50)14(3-63-69(56,57)58)66-32(23)47-9-44-17-26(35)38-6-41-29(17)47/h4-9,12-14,18-23,30-32,48-51H,1-3,10-11H2,(H,52,53)(H,54,55)(H2,33,36,39)(H2,34,37,40)(H2,35,38,41)(H2,56,57,58)/t12-,13-,14-,18-,19+,20+,21-,22-,23-,30-,31-,32-/m1/s1. The highest BCUT2D eigenvalue weighted by Crippen LogP contribution is 2.48. The number of phosphoric ester groups is 1. The van der Waals surface area contributed by atoms with Crippen LogP contribution < -0.4 is 17.2 Å². The Morgan fingerprint density at radius 1 is 0.493 bits per heavy atom. The summed E-state index contributed by atoms with van der Waals surface area (Å²) >= 11 is 0.